The lowest BCUT2D eigenvalue weighted by Gasteiger charge is -2.23. The number of aryl methyl sites for hydroxylation is 1. The van der Waals surface area contributed by atoms with E-state index in [2.05, 4.69) is 11.4 Å². The third kappa shape index (κ3) is 2.98. The van der Waals surface area contributed by atoms with Gasteiger partial charge in [-0.3, -0.25) is 4.79 Å². The SMILES string of the molecule is N#Cc1c(NC(=O)C2Cc3ccc(Cl)cc3C(=O)O2)sc2c1CCCC2. The van der Waals surface area contributed by atoms with Crippen LogP contribution in [0.2, 0.25) is 5.02 Å². The summed E-state index contributed by atoms with van der Waals surface area (Å²) < 4.78 is 5.29. The molecular formula is C19H15ClN2O3S. The fraction of sp³-hybridized carbons (Fsp3) is 0.316. The number of rotatable bonds is 2. The molecule has 0 bridgehead atoms. The molecule has 1 unspecified atom stereocenters. The molecule has 1 N–H and O–H groups in total. The second-order valence-corrected chi connectivity index (χ2v) is 7.96. The topological polar surface area (TPSA) is 79.2 Å². The Kier molecular flexibility index (Phi) is 4.43. The van der Waals surface area contributed by atoms with Gasteiger partial charge in [0, 0.05) is 16.3 Å². The highest BCUT2D eigenvalue weighted by Gasteiger charge is 2.32. The van der Waals surface area contributed by atoms with Gasteiger partial charge in [-0.15, -0.1) is 11.3 Å². The molecule has 0 saturated carbocycles. The maximum Gasteiger partial charge on any atom is 0.339 e. The molecule has 0 spiro atoms. The first-order chi connectivity index (χ1) is 12.6. The predicted octanol–water partition coefficient (Wildman–Crippen LogP) is 3.87. The molecule has 0 radical (unpaired) electrons. The van der Waals surface area contributed by atoms with E-state index in [1.165, 1.54) is 16.2 Å². The van der Waals surface area contributed by atoms with E-state index < -0.39 is 18.0 Å². The Bertz CT molecular complexity index is 960. The van der Waals surface area contributed by atoms with Crippen LogP contribution in [0.5, 0.6) is 0 Å². The molecule has 1 amide bonds. The number of fused-ring (bicyclic) bond motifs is 2. The molecule has 2 aromatic rings. The van der Waals surface area contributed by atoms with Crippen molar-refractivity contribution in [1.82, 2.24) is 0 Å². The molecule has 5 nitrogen and oxygen atoms in total. The predicted molar refractivity (Wildman–Crippen MR) is 98.7 cm³/mol. The van der Waals surface area contributed by atoms with E-state index in [1.807, 2.05) is 0 Å². The number of hydrogen-bond donors (Lipinski definition) is 1. The molecule has 2 aliphatic rings. The number of thiophene rings is 1. The van der Waals surface area contributed by atoms with Crippen molar-refractivity contribution in [2.75, 3.05) is 5.32 Å². The molecule has 1 aliphatic carbocycles. The van der Waals surface area contributed by atoms with Gasteiger partial charge in [0.2, 0.25) is 0 Å². The Balaban J connectivity index is 1.56. The van der Waals surface area contributed by atoms with Gasteiger partial charge < -0.3 is 10.1 Å². The lowest BCUT2D eigenvalue weighted by atomic mass is 9.96. The molecule has 1 aromatic carbocycles. The van der Waals surface area contributed by atoms with Crippen molar-refractivity contribution in [3.63, 3.8) is 0 Å². The van der Waals surface area contributed by atoms with E-state index in [9.17, 15) is 14.9 Å². The molecule has 0 fully saturated rings. The number of nitrogens with one attached hydrogen (secondary N) is 1. The number of esters is 1. The van der Waals surface area contributed by atoms with Crippen LogP contribution in [0, 0.1) is 11.3 Å². The van der Waals surface area contributed by atoms with Crippen molar-refractivity contribution in [2.24, 2.45) is 0 Å². The number of nitriles is 1. The van der Waals surface area contributed by atoms with Crippen LogP contribution in [-0.4, -0.2) is 18.0 Å². The molecule has 0 saturated heterocycles. The fourth-order valence-corrected chi connectivity index (χ4v) is 4.88. The lowest BCUT2D eigenvalue weighted by Crippen LogP contribution is -2.38. The number of anilines is 1. The average Bonchev–Trinajstić information content (AvgIpc) is 2.99. The Morgan fingerprint density at radius 2 is 2.15 bits per heavy atom. The second kappa shape index (κ2) is 6.75. The van der Waals surface area contributed by atoms with Gasteiger partial charge in [0.1, 0.15) is 11.1 Å². The molecule has 1 aliphatic heterocycles. The van der Waals surface area contributed by atoms with E-state index in [4.69, 9.17) is 16.3 Å². The summed E-state index contributed by atoms with van der Waals surface area (Å²) in [6, 6.07) is 7.19. The van der Waals surface area contributed by atoms with E-state index in [0.717, 1.165) is 36.8 Å². The largest absolute Gasteiger partial charge is 0.448 e. The van der Waals surface area contributed by atoms with Crippen LogP contribution < -0.4 is 5.32 Å². The first-order valence-corrected chi connectivity index (χ1v) is 9.61. The minimum Gasteiger partial charge on any atom is -0.448 e. The molecule has 132 valence electrons. The molecule has 1 atom stereocenters. The number of nitrogens with zero attached hydrogens (tertiary/aromatic N) is 1. The summed E-state index contributed by atoms with van der Waals surface area (Å²) in [5.74, 6) is -0.964. The van der Waals surface area contributed by atoms with Gasteiger partial charge in [0.25, 0.3) is 5.91 Å². The zero-order valence-electron chi connectivity index (χ0n) is 13.8. The Hall–Kier alpha value is -2.36. The summed E-state index contributed by atoms with van der Waals surface area (Å²) >= 11 is 7.37. The van der Waals surface area contributed by atoms with Crippen LogP contribution in [0.1, 0.15) is 44.8 Å². The Morgan fingerprint density at radius 3 is 2.96 bits per heavy atom. The summed E-state index contributed by atoms with van der Waals surface area (Å²) in [5, 5.41) is 13.3. The molecule has 26 heavy (non-hydrogen) atoms. The third-order valence-electron chi connectivity index (χ3n) is 4.76. The average molecular weight is 387 g/mol. The fourth-order valence-electron chi connectivity index (χ4n) is 3.46. The number of amides is 1. The van der Waals surface area contributed by atoms with Crippen molar-refractivity contribution in [2.45, 2.75) is 38.2 Å². The van der Waals surface area contributed by atoms with E-state index in [-0.39, 0.29) is 6.42 Å². The van der Waals surface area contributed by atoms with Crippen LogP contribution in [0.15, 0.2) is 18.2 Å². The van der Waals surface area contributed by atoms with Crippen LogP contribution in [0.25, 0.3) is 0 Å². The van der Waals surface area contributed by atoms with E-state index in [0.29, 0.717) is 21.2 Å². The van der Waals surface area contributed by atoms with Gasteiger partial charge in [0.05, 0.1) is 11.1 Å². The summed E-state index contributed by atoms with van der Waals surface area (Å²) in [6.45, 7) is 0. The molecule has 1 aromatic heterocycles. The maximum absolute atomic E-state index is 12.7. The van der Waals surface area contributed by atoms with Crippen molar-refractivity contribution < 1.29 is 14.3 Å². The molecule has 2 heterocycles. The number of halogens is 1. The lowest BCUT2D eigenvalue weighted by molar-refractivity contribution is -0.125. The second-order valence-electron chi connectivity index (χ2n) is 6.42. The Labute approximate surface area is 159 Å². The summed E-state index contributed by atoms with van der Waals surface area (Å²) in [5.41, 5.74) is 2.73. The first-order valence-electron chi connectivity index (χ1n) is 8.41. The molecule has 4 rings (SSSR count). The highest BCUT2D eigenvalue weighted by atomic mass is 35.5. The highest BCUT2D eigenvalue weighted by Crippen LogP contribution is 2.38. The van der Waals surface area contributed by atoms with E-state index in [1.54, 1.807) is 18.2 Å². The van der Waals surface area contributed by atoms with Crippen LogP contribution >= 0.6 is 22.9 Å². The van der Waals surface area contributed by atoms with Gasteiger partial charge in [-0.1, -0.05) is 17.7 Å². The minimum absolute atomic E-state index is 0.289. The van der Waals surface area contributed by atoms with Crippen LogP contribution in [0.4, 0.5) is 5.00 Å². The molecular weight excluding hydrogens is 372 g/mol. The van der Waals surface area contributed by atoms with Crippen molar-refractivity contribution >= 4 is 39.8 Å². The van der Waals surface area contributed by atoms with Crippen molar-refractivity contribution in [3.05, 3.63) is 50.4 Å². The standard InChI is InChI=1S/C19H15ClN2O3S/c20-11-6-5-10-7-15(25-19(24)13(10)8-11)17(23)22-18-14(9-21)12-3-1-2-4-16(12)26-18/h5-6,8,15H,1-4,7H2,(H,22,23). The summed E-state index contributed by atoms with van der Waals surface area (Å²) in [4.78, 5) is 26.0. The maximum atomic E-state index is 12.7. The summed E-state index contributed by atoms with van der Waals surface area (Å²) in [6.07, 6.45) is 3.35. The monoisotopic (exact) mass is 386 g/mol. The van der Waals surface area contributed by atoms with Gasteiger partial charge in [-0.25, -0.2) is 4.79 Å². The number of carbonyl (C=O) groups excluding carboxylic acids is 2. The number of benzene rings is 1. The normalized spacial score (nSPS) is 18.3. The minimum atomic E-state index is -0.915. The number of hydrogen-bond acceptors (Lipinski definition) is 5. The quantitative estimate of drug-likeness (QED) is 0.794. The Morgan fingerprint density at radius 1 is 1.35 bits per heavy atom. The zero-order chi connectivity index (χ0) is 18.3. The van der Waals surface area contributed by atoms with Gasteiger partial charge >= 0.3 is 5.97 Å². The van der Waals surface area contributed by atoms with Gasteiger partial charge in [-0.05, 0) is 48.9 Å². The molecule has 7 heteroatoms. The zero-order valence-corrected chi connectivity index (χ0v) is 15.4. The van der Waals surface area contributed by atoms with Crippen LogP contribution in [-0.2, 0) is 28.8 Å². The van der Waals surface area contributed by atoms with Gasteiger partial charge in [0.15, 0.2) is 6.10 Å². The summed E-state index contributed by atoms with van der Waals surface area (Å²) in [7, 11) is 0. The third-order valence-corrected chi connectivity index (χ3v) is 6.20. The smallest absolute Gasteiger partial charge is 0.339 e. The number of carbonyl (C=O) groups is 2. The van der Waals surface area contributed by atoms with Crippen LogP contribution in [0.3, 0.4) is 0 Å². The van der Waals surface area contributed by atoms with Gasteiger partial charge in [-0.2, -0.15) is 5.26 Å². The highest BCUT2D eigenvalue weighted by molar-refractivity contribution is 7.16. The van der Waals surface area contributed by atoms with Crippen molar-refractivity contribution in [1.29, 1.82) is 5.26 Å². The number of cyclic esters (lactones) is 1. The first kappa shape index (κ1) is 17.1. The number of ether oxygens (including phenoxy) is 1. The van der Waals surface area contributed by atoms with E-state index >= 15 is 0 Å². The van der Waals surface area contributed by atoms with Crippen molar-refractivity contribution in [3.8, 4) is 6.07 Å².